The van der Waals surface area contributed by atoms with E-state index in [1.165, 1.54) is 0 Å². The standard InChI is InChI=1S/C11H15ClN2O3/c1-17-8-3-2-7(9(12)4-8)5-14-11(16)10(13)6-15/h2-4,10,15H,5-6,13H2,1H3,(H,14,16). The van der Waals surface area contributed by atoms with Gasteiger partial charge < -0.3 is 20.9 Å². The Kier molecular flexibility index (Phi) is 5.21. The highest BCUT2D eigenvalue weighted by molar-refractivity contribution is 6.31. The van der Waals surface area contributed by atoms with E-state index in [0.717, 1.165) is 5.56 Å². The van der Waals surface area contributed by atoms with Crippen LogP contribution in [0.5, 0.6) is 5.75 Å². The van der Waals surface area contributed by atoms with E-state index in [0.29, 0.717) is 10.8 Å². The van der Waals surface area contributed by atoms with Gasteiger partial charge in [-0.05, 0) is 17.7 Å². The van der Waals surface area contributed by atoms with Crippen LogP contribution in [0.2, 0.25) is 5.02 Å². The fourth-order valence-electron chi connectivity index (χ4n) is 1.19. The molecule has 0 spiro atoms. The van der Waals surface area contributed by atoms with Crippen molar-refractivity contribution >= 4 is 17.5 Å². The lowest BCUT2D eigenvalue weighted by Gasteiger charge is -2.11. The third-order valence-corrected chi connectivity index (χ3v) is 2.60. The molecule has 0 aliphatic rings. The van der Waals surface area contributed by atoms with Crippen molar-refractivity contribution in [3.8, 4) is 5.75 Å². The topological polar surface area (TPSA) is 84.6 Å². The van der Waals surface area contributed by atoms with Crippen LogP contribution in [0.15, 0.2) is 18.2 Å². The van der Waals surface area contributed by atoms with Gasteiger partial charge in [-0.1, -0.05) is 17.7 Å². The molecule has 1 aromatic rings. The van der Waals surface area contributed by atoms with Gasteiger partial charge in [0, 0.05) is 11.6 Å². The Hall–Kier alpha value is -1.30. The normalized spacial score (nSPS) is 12.0. The molecule has 0 bridgehead atoms. The van der Waals surface area contributed by atoms with Gasteiger partial charge in [0.1, 0.15) is 11.8 Å². The van der Waals surface area contributed by atoms with Crippen molar-refractivity contribution in [3.63, 3.8) is 0 Å². The lowest BCUT2D eigenvalue weighted by molar-refractivity contribution is -0.123. The minimum atomic E-state index is -0.910. The summed E-state index contributed by atoms with van der Waals surface area (Å²) >= 11 is 5.99. The maximum Gasteiger partial charge on any atom is 0.239 e. The summed E-state index contributed by atoms with van der Waals surface area (Å²) in [6, 6.07) is 4.26. The number of aliphatic hydroxyl groups excluding tert-OH is 1. The summed E-state index contributed by atoms with van der Waals surface area (Å²) in [4.78, 5) is 11.3. The van der Waals surface area contributed by atoms with E-state index < -0.39 is 11.9 Å². The molecule has 0 aromatic heterocycles. The fraction of sp³-hybridized carbons (Fsp3) is 0.364. The molecule has 1 atom stereocenters. The highest BCUT2D eigenvalue weighted by Crippen LogP contribution is 2.22. The summed E-state index contributed by atoms with van der Waals surface area (Å²) in [6.45, 7) is -0.127. The van der Waals surface area contributed by atoms with Crippen LogP contribution in [0.3, 0.4) is 0 Å². The molecule has 0 saturated heterocycles. The first-order chi connectivity index (χ1) is 8.08. The van der Waals surface area contributed by atoms with Crippen molar-refractivity contribution in [2.24, 2.45) is 5.73 Å². The predicted octanol–water partition coefficient (Wildman–Crippen LogP) is 0.284. The van der Waals surface area contributed by atoms with Crippen LogP contribution in [-0.2, 0) is 11.3 Å². The number of benzene rings is 1. The molecule has 1 amide bonds. The molecule has 4 N–H and O–H groups in total. The smallest absolute Gasteiger partial charge is 0.239 e. The van der Waals surface area contributed by atoms with Crippen LogP contribution in [0.1, 0.15) is 5.56 Å². The fourth-order valence-corrected chi connectivity index (χ4v) is 1.43. The first kappa shape index (κ1) is 13.8. The quantitative estimate of drug-likeness (QED) is 0.709. The van der Waals surface area contributed by atoms with Crippen LogP contribution in [-0.4, -0.2) is 30.8 Å². The lowest BCUT2D eigenvalue weighted by atomic mass is 10.2. The van der Waals surface area contributed by atoms with Gasteiger partial charge in [-0.15, -0.1) is 0 Å². The van der Waals surface area contributed by atoms with Gasteiger partial charge in [-0.2, -0.15) is 0 Å². The number of hydrogen-bond donors (Lipinski definition) is 3. The monoisotopic (exact) mass is 258 g/mol. The number of nitrogens with one attached hydrogen (secondary N) is 1. The zero-order valence-electron chi connectivity index (χ0n) is 9.44. The van der Waals surface area contributed by atoms with Crippen molar-refractivity contribution in [3.05, 3.63) is 28.8 Å². The molecule has 0 heterocycles. The number of carbonyl (C=O) groups excluding carboxylic acids is 1. The van der Waals surface area contributed by atoms with Crippen molar-refractivity contribution < 1.29 is 14.6 Å². The maximum atomic E-state index is 11.3. The van der Waals surface area contributed by atoms with E-state index in [2.05, 4.69) is 5.32 Å². The SMILES string of the molecule is COc1ccc(CNC(=O)C(N)CO)c(Cl)c1. The number of aliphatic hydroxyl groups is 1. The molecule has 1 unspecified atom stereocenters. The van der Waals surface area contributed by atoms with Gasteiger partial charge in [-0.25, -0.2) is 0 Å². The molecule has 94 valence electrons. The number of ether oxygens (including phenoxy) is 1. The molecule has 0 fully saturated rings. The van der Waals surface area contributed by atoms with Crippen LogP contribution < -0.4 is 15.8 Å². The van der Waals surface area contributed by atoms with Gasteiger partial charge >= 0.3 is 0 Å². The first-order valence-corrected chi connectivity index (χ1v) is 5.43. The Bertz CT molecular complexity index is 398. The van der Waals surface area contributed by atoms with E-state index in [4.69, 9.17) is 27.2 Å². The molecule has 0 aliphatic carbocycles. The van der Waals surface area contributed by atoms with Crippen molar-refractivity contribution in [2.75, 3.05) is 13.7 Å². The second-order valence-electron chi connectivity index (χ2n) is 3.46. The first-order valence-electron chi connectivity index (χ1n) is 5.05. The summed E-state index contributed by atoms with van der Waals surface area (Å²) in [6.07, 6.45) is 0. The van der Waals surface area contributed by atoms with Crippen molar-refractivity contribution in [1.82, 2.24) is 5.32 Å². The van der Waals surface area contributed by atoms with Gasteiger partial charge in [0.25, 0.3) is 0 Å². The number of carbonyl (C=O) groups is 1. The predicted molar refractivity (Wildman–Crippen MR) is 64.9 cm³/mol. The summed E-state index contributed by atoms with van der Waals surface area (Å²) < 4.78 is 5.01. The lowest BCUT2D eigenvalue weighted by Crippen LogP contribution is -2.42. The number of amides is 1. The molecule has 5 nitrogen and oxygen atoms in total. The largest absolute Gasteiger partial charge is 0.497 e. The Labute approximate surface area is 105 Å². The second kappa shape index (κ2) is 6.44. The summed E-state index contributed by atoms with van der Waals surface area (Å²) in [5.74, 6) is 0.233. The summed E-state index contributed by atoms with van der Waals surface area (Å²) in [7, 11) is 1.55. The highest BCUT2D eigenvalue weighted by atomic mass is 35.5. The number of methoxy groups -OCH3 is 1. The minimum absolute atomic E-state index is 0.259. The van der Waals surface area contributed by atoms with Crippen LogP contribution >= 0.6 is 11.6 Å². The highest BCUT2D eigenvalue weighted by Gasteiger charge is 2.12. The van der Waals surface area contributed by atoms with E-state index in [1.807, 2.05) is 0 Å². The molecule has 1 rings (SSSR count). The molecule has 0 radical (unpaired) electrons. The molecule has 0 aliphatic heterocycles. The second-order valence-corrected chi connectivity index (χ2v) is 3.87. The molecule has 17 heavy (non-hydrogen) atoms. The minimum Gasteiger partial charge on any atom is -0.497 e. The molecular weight excluding hydrogens is 244 g/mol. The average molecular weight is 259 g/mol. The van der Waals surface area contributed by atoms with Gasteiger partial charge in [0.15, 0.2) is 0 Å². The molecule has 6 heteroatoms. The van der Waals surface area contributed by atoms with E-state index in [1.54, 1.807) is 25.3 Å². The average Bonchev–Trinajstić information content (AvgIpc) is 2.35. The van der Waals surface area contributed by atoms with Gasteiger partial charge in [-0.3, -0.25) is 4.79 Å². The zero-order valence-corrected chi connectivity index (χ0v) is 10.2. The number of hydrogen-bond acceptors (Lipinski definition) is 4. The molecule has 1 aromatic carbocycles. The molecular formula is C11H15ClN2O3. The van der Waals surface area contributed by atoms with E-state index >= 15 is 0 Å². The Morgan fingerprint density at radius 1 is 1.65 bits per heavy atom. The van der Waals surface area contributed by atoms with E-state index in [-0.39, 0.29) is 13.2 Å². The summed E-state index contributed by atoms with van der Waals surface area (Å²) in [5.41, 5.74) is 6.10. The Balaban J connectivity index is 2.61. The van der Waals surface area contributed by atoms with Crippen molar-refractivity contribution in [1.29, 1.82) is 0 Å². The van der Waals surface area contributed by atoms with E-state index in [9.17, 15) is 4.79 Å². The molecule has 0 saturated carbocycles. The number of nitrogens with two attached hydrogens (primary N) is 1. The van der Waals surface area contributed by atoms with Crippen molar-refractivity contribution in [2.45, 2.75) is 12.6 Å². The Morgan fingerprint density at radius 3 is 2.88 bits per heavy atom. The third-order valence-electron chi connectivity index (χ3n) is 2.25. The number of halogens is 1. The maximum absolute atomic E-state index is 11.3. The Morgan fingerprint density at radius 2 is 2.35 bits per heavy atom. The van der Waals surface area contributed by atoms with Crippen LogP contribution in [0.25, 0.3) is 0 Å². The number of rotatable bonds is 5. The summed E-state index contributed by atoms with van der Waals surface area (Å²) in [5, 5.41) is 11.8. The van der Waals surface area contributed by atoms with Crippen LogP contribution in [0.4, 0.5) is 0 Å². The van der Waals surface area contributed by atoms with Gasteiger partial charge in [0.2, 0.25) is 5.91 Å². The third kappa shape index (κ3) is 3.89. The van der Waals surface area contributed by atoms with Gasteiger partial charge in [0.05, 0.1) is 13.7 Å². The zero-order chi connectivity index (χ0) is 12.8. The van der Waals surface area contributed by atoms with Crippen LogP contribution in [0, 0.1) is 0 Å².